The molecule has 0 aromatic heterocycles. The number of ether oxygens (including phenoxy) is 1. The van der Waals surface area contributed by atoms with Gasteiger partial charge in [-0.05, 0) is 62.2 Å². The van der Waals surface area contributed by atoms with E-state index in [9.17, 15) is 9.59 Å². The average Bonchev–Trinajstić information content (AvgIpc) is 2.75. The summed E-state index contributed by atoms with van der Waals surface area (Å²) in [6, 6.07) is 11.0. The summed E-state index contributed by atoms with van der Waals surface area (Å²) in [6.45, 7) is 11.3. The third kappa shape index (κ3) is 4.77. The van der Waals surface area contributed by atoms with E-state index in [1.165, 1.54) is 7.11 Å². The molecule has 0 saturated carbocycles. The highest BCUT2D eigenvalue weighted by Crippen LogP contribution is 2.28. The van der Waals surface area contributed by atoms with Gasteiger partial charge in [-0.15, -0.1) is 0 Å². The number of piperazine rings is 1. The van der Waals surface area contributed by atoms with E-state index in [1.54, 1.807) is 17.0 Å². The van der Waals surface area contributed by atoms with Gasteiger partial charge in [-0.1, -0.05) is 6.07 Å². The summed E-state index contributed by atoms with van der Waals surface area (Å²) < 4.78 is 4.86. The lowest BCUT2D eigenvalue weighted by atomic mass is 10.1. The van der Waals surface area contributed by atoms with E-state index < -0.39 is 5.97 Å². The smallest absolute Gasteiger partial charge is 0.337 e. The van der Waals surface area contributed by atoms with Crippen molar-refractivity contribution in [3.8, 4) is 0 Å². The van der Waals surface area contributed by atoms with Crippen LogP contribution in [0.15, 0.2) is 36.4 Å². The van der Waals surface area contributed by atoms with Crippen molar-refractivity contribution in [2.75, 3.05) is 50.1 Å². The Morgan fingerprint density at radius 2 is 1.72 bits per heavy atom. The fourth-order valence-corrected chi connectivity index (χ4v) is 3.65. The van der Waals surface area contributed by atoms with Gasteiger partial charge in [-0.2, -0.15) is 0 Å². The third-order valence-electron chi connectivity index (χ3n) is 5.75. The van der Waals surface area contributed by atoms with Crippen molar-refractivity contribution in [2.24, 2.45) is 0 Å². The highest BCUT2D eigenvalue weighted by Gasteiger charge is 2.22. The molecule has 2 N–H and O–H groups in total. The number of nitrogens with zero attached hydrogens (tertiary/aromatic N) is 1. The Morgan fingerprint density at radius 1 is 1.03 bits per heavy atom. The quantitative estimate of drug-likeness (QED) is 0.760. The summed E-state index contributed by atoms with van der Waals surface area (Å²) in [6.07, 6.45) is 0. The molecule has 1 heterocycles. The minimum atomic E-state index is -0.418. The zero-order chi connectivity index (χ0) is 21.0. The van der Waals surface area contributed by atoms with Crippen LogP contribution in [0.5, 0.6) is 0 Å². The highest BCUT2D eigenvalue weighted by atomic mass is 16.5. The summed E-state index contributed by atoms with van der Waals surface area (Å²) in [5, 5.41) is 3.02. The maximum Gasteiger partial charge on any atom is 0.337 e. The molecular weight excluding hydrogens is 366 g/mol. The third-order valence-corrected chi connectivity index (χ3v) is 5.75. The van der Waals surface area contributed by atoms with Crippen LogP contribution in [0.3, 0.4) is 0 Å². The maximum absolute atomic E-state index is 12.9. The van der Waals surface area contributed by atoms with E-state index >= 15 is 0 Å². The number of carbonyl (C=O) groups is 2. The molecule has 3 rings (SSSR count). The maximum atomic E-state index is 12.9. The molecule has 6 heteroatoms. The van der Waals surface area contributed by atoms with Crippen molar-refractivity contribution >= 4 is 23.3 Å². The molecule has 1 aliphatic rings. The number of rotatable bonds is 5. The number of benzene rings is 2. The van der Waals surface area contributed by atoms with Gasteiger partial charge in [0.05, 0.1) is 56.8 Å². The van der Waals surface area contributed by atoms with Crippen molar-refractivity contribution in [1.82, 2.24) is 0 Å². The fourth-order valence-electron chi connectivity index (χ4n) is 3.65. The Balaban J connectivity index is 1.90. The summed E-state index contributed by atoms with van der Waals surface area (Å²) in [5.74, 6) is -0.604. The molecule has 0 unspecified atom stereocenters. The minimum absolute atomic E-state index is 0.186. The molecule has 2 aromatic carbocycles. The van der Waals surface area contributed by atoms with Gasteiger partial charge in [0, 0.05) is 5.56 Å². The first-order chi connectivity index (χ1) is 13.9. The monoisotopic (exact) mass is 396 g/mol. The van der Waals surface area contributed by atoms with Crippen molar-refractivity contribution < 1.29 is 19.2 Å². The Hall–Kier alpha value is -2.86. The number of methoxy groups -OCH3 is 1. The average molecular weight is 397 g/mol. The molecule has 1 saturated heterocycles. The van der Waals surface area contributed by atoms with E-state index in [2.05, 4.69) is 17.1 Å². The second-order valence-corrected chi connectivity index (χ2v) is 7.57. The molecule has 0 aliphatic carbocycles. The predicted octanol–water partition coefficient (Wildman–Crippen LogP) is 2.07. The van der Waals surface area contributed by atoms with Crippen LogP contribution in [0.2, 0.25) is 0 Å². The molecule has 0 radical (unpaired) electrons. The number of carbonyl (C=O) groups excluding carboxylic acids is 2. The summed E-state index contributed by atoms with van der Waals surface area (Å²) in [4.78, 5) is 28.8. The van der Waals surface area contributed by atoms with Gasteiger partial charge in [-0.3, -0.25) is 4.79 Å². The lowest BCUT2D eigenvalue weighted by Gasteiger charge is -2.34. The summed E-state index contributed by atoms with van der Waals surface area (Å²) in [7, 11) is 1.36. The van der Waals surface area contributed by atoms with Crippen LogP contribution in [0, 0.1) is 13.8 Å². The zero-order valence-electron chi connectivity index (χ0n) is 17.7. The Kier molecular flexibility index (Phi) is 6.54. The Labute approximate surface area is 172 Å². The summed E-state index contributed by atoms with van der Waals surface area (Å²) >= 11 is 0. The van der Waals surface area contributed by atoms with E-state index in [1.807, 2.05) is 38.1 Å². The zero-order valence-corrected chi connectivity index (χ0v) is 17.7. The van der Waals surface area contributed by atoms with E-state index in [0.717, 1.165) is 49.5 Å². The first-order valence-corrected chi connectivity index (χ1v) is 10.1. The number of hydrogen-bond acceptors (Lipinski definition) is 4. The molecule has 0 spiro atoms. The SMILES string of the molecule is CC[NH+]1CCN(c2ccc(C(=O)OC)cc2NC(=O)c2ccc(C)c(C)c2)CC1. The molecule has 1 fully saturated rings. The fraction of sp³-hybridized carbons (Fsp3) is 0.391. The van der Waals surface area contributed by atoms with Crippen molar-refractivity contribution in [3.63, 3.8) is 0 Å². The predicted molar refractivity (Wildman–Crippen MR) is 115 cm³/mol. The number of amides is 1. The van der Waals surface area contributed by atoms with Crippen LogP contribution in [0.25, 0.3) is 0 Å². The molecule has 6 nitrogen and oxygen atoms in total. The van der Waals surface area contributed by atoms with Crippen LogP contribution in [0.1, 0.15) is 38.8 Å². The molecule has 1 amide bonds. The van der Waals surface area contributed by atoms with Crippen molar-refractivity contribution in [2.45, 2.75) is 20.8 Å². The number of esters is 1. The molecule has 2 aromatic rings. The minimum Gasteiger partial charge on any atom is -0.465 e. The molecule has 154 valence electrons. The number of nitrogens with one attached hydrogen (secondary N) is 2. The Bertz CT molecular complexity index is 902. The number of hydrogen-bond donors (Lipinski definition) is 2. The van der Waals surface area contributed by atoms with Gasteiger partial charge in [0.1, 0.15) is 0 Å². The molecule has 1 aliphatic heterocycles. The van der Waals surface area contributed by atoms with Crippen molar-refractivity contribution in [1.29, 1.82) is 0 Å². The highest BCUT2D eigenvalue weighted by molar-refractivity contribution is 6.07. The number of aryl methyl sites for hydroxylation is 2. The number of anilines is 2. The van der Waals surface area contributed by atoms with Crippen LogP contribution < -0.4 is 15.1 Å². The number of likely N-dealkylation sites (N-methyl/N-ethyl adjacent to an activating group) is 1. The van der Waals surface area contributed by atoms with Crippen LogP contribution in [-0.2, 0) is 4.74 Å². The van der Waals surface area contributed by atoms with Gasteiger partial charge >= 0.3 is 5.97 Å². The van der Waals surface area contributed by atoms with Crippen LogP contribution in [-0.4, -0.2) is 51.7 Å². The lowest BCUT2D eigenvalue weighted by Crippen LogP contribution is -3.14. The first-order valence-electron chi connectivity index (χ1n) is 10.1. The van der Waals surface area contributed by atoms with Gasteiger partial charge in [0.2, 0.25) is 0 Å². The van der Waals surface area contributed by atoms with Crippen LogP contribution in [0.4, 0.5) is 11.4 Å². The van der Waals surface area contributed by atoms with Gasteiger partial charge < -0.3 is 19.9 Å². The molecule has 29 heavy (non-hydrogen) atoms. The van der Waals surface area contributed by atoms with Gasteiger partial charge in [0.15, 0.2) is 0 Å². The molecule has 0 bridgehead atoms. The second-order valence-electron chi connectivity index (χ2n) is 7.57. The standard InChI is InChI=1S/C23H29N3O3/c1-5-25-10-12-26(13-11-25)21-9-8-19(23(28)29-4)15-20(21)24-22(27)18-7-6-16(2)17(3)14-18/h6-9,14-15H,5,10-13H2,1-4H3,(H,24,27)/p+1. The lowest BCUT2D eigenvalue weighted by molar-refractivity contribution is -0.898. The topological polar surface area (TPSA) is 63.1 Å². The first kappa shape index (κ1) is 20.9. The van der Waals surface area contributed by atoms with Gasteiger partial charge in [0.25, 0.3) is 5.91 Å². The summed E-state index contributed by atoms with van der Waals surface area (Å²) in [5.41, 5.74) is 4.80. The second kappa shape index (κ2) is 9.09. The Morgan fingerprint density at radius 3 is 2.34 bits per heavy atom. The van der Waals surface area contributed by atoms with E-state index in [0.29, 0.717) is 16.8 Å². The van der Waals surface area contributed by atoms with E-state index in [4.69, 9.17) is 4.74 Å². The largest absolute Gasteiger partial charge is 0.465 e. The van der Waals surface area contributed by atoms with Gasteiger partial charge in [-0.25, -0.2) is 4.79 Å². The van der Waals surface area contributed by atoms with Crippen LogP contribution >= 0.6 is 0 Å². The molecular formula is C23H30N3O3+. The normalized spacial score (nSPS) is 14.6. The van der Waals surface area contributed by atoms with E-state index in [-0.39, 0.29) is 5.91 Å². The molecule has 0 atom stereocenters. The number of quaternary nitrogens is 1. The van der Waals surface area contributed by atoms with Crippen molar-refractivity contribution in [3.05, 3.63) is 58.7 Å².